The van der Waals surface area contributed by atoms with Gasteiger partial charge in [-0.2, -0.15) is 0 Å². The van der Waals surface area contributed by atoms with E-state index in [1.165, 1.54) is 38.5 Å². The lowest BCUT2D eigenvalue weighted by Gasteiger charge is -2.20. The van der Waals surface area contributed by atoms with Crippen LogP contribution in [0.25, 0.3) is 11.0 Å². The lowest BCUT2D eigenvalue weighted by atomic mass is 9.91. The van der Waals surface area contributed by atoms with Crippen LogP contribution in [0.2, 0.25) is 5.02 Å². The molecule has 0 bridgehead atoms. The van der Waals surface area contributed by atoms with Gasteiger partial charge < -0.3 is 10.2 Å². The SMILES string of the molecule is NC(c1cc2cccc(Cl)c2o1)C1CCCCCC1. The van der Waals surface area contributed by atoms with Gasteiger partial charge in [0.2, 0.25) is 0 Å². The van der Waals surface area contributed by atoms with Gasteiger partial charge >= 0.3 is 0 Å². The highest BCUT2D eigenvalue weighted by molar-refractivity contribution is 6.34. The molecule has 3 rings (SSSR count). The van der Waals surface area contributed by atoms with Crippen LogP contribution in [0.5, 0.6) is 0 Å². The highest BCUT2D eigenvalue weighted by Gasteiger charge is 2.24. The highest BCUT2D eigenvalue weighted by atomic mass is 35.5. The molecule has 0 amide bonds. The lowest BCUT2D eigenvalue weighted by molar-refractivity contribution is 0.339. The second-order valence-corrected chi connectivity index (χ2v) is 5.99. The Labute approximate surface area is 118 Å². The number of hydrogen-bond acceptors (Lipinski definition) is 2. The van der Waals surface area contributed by atoms with Crippen molar-refractivity contribution in [2.45, 2.75) is 44.6 Å². The summed E-state index contributed by atoms with van der Waals surface area (Å²) in [6.07, 6.45) is 7.70. The van der Waals surface area contributed by atoms with Gasteiger partial charge in [-0.05, 0) is 30.9 Å². The number of furan rings is 1. The molecule has 2 aromatic rings. The lowest BCUT2D eigenvalue weighted by Crippen LogP contribution is -2.20. The molecular formula is C16H20ClNO. The molecule has 1 unspecified atom stereocenters. The van der Waals surface area contributed by atoms with Gasteiger partial charge in [0.25, 0.3) is 0 Å². The van der Waals surface area contributed by atoms with Crippen LogP contribution in [0.3, 0.4) is 0 Å². The number of halogens is 1. The standard InChI is InChI=1S/C16H20ClNO/c17-13-9-5-8-12-10-14(19-16(12)13)15(18)11-6-3-1-2-4-7-11/h5,8-11,15H,1-4,6-7,18H2. The Hall–Kier alpha value is -0.990. The fourth-order valence-electron chi connectivity index (χ4n) is 3.11. The van der Waals surface area contributed by atoms with E-state index in [1.54, 1.807) is 0 Å². The quantitative estimate of drug-likeness (QED) is 0.780. The van der Waals surface area contributed by atoms with Crippen LogP contribution in [0.15, 0.2) is 28.7 Å². The fourth-order valence-corrected chi connectivity index (χ4v) is 3.33. The summed E-state index contributed by atoms with van der Waals surface area (Å²) >= 11 is 6.15. The third-order valence-electron chi connectivity index (χ3n) is 4.25. The van der Waals surface area contributed by atoms with Gasteiger partial charge in [-0.25, -0.2) is 0 Å². The average Bonchev–Trinajstić information content (AvgIpc) is 2.67. The average molecular weight is 278 g/mol. The molecule has 0 radical (unpaired) electrons. The minimum atomic E-state index is 0.00145. The van der Waals surface area contributed by atoms with Crippen molar-refractivity contribution in [3.8, 4) is 0 Å². The zero-order valence-electron chi connectivity index (χ0n) is 11.1. The molecule has 1 aromatic heterocycles. The van der Waals surface area contributed by atoms with Gasteiger partial charge in [-0.3, -0.25) is 0 Å². The number of benzene rings is 1. The molecule has 1 heterocycles. The maximum atomic E-state index is 6.42. The summed E-state index contributed by atoms with van der Waals surface area (Å²) in [5.41, 5.74) is 7.18. The first-order valence-corrected chi connectivity index (χ1v) is 7.57. The van der Waals surface area contributed by atoms with Gasteiger partial charge in [0, 0.05) is 5.39 Å². The monoisotopic (exact) mass is 277 g/mol. The summed E-state index contributed by atoms with van der Waals surface area (Å²) < 4.78 is 5.90. The molecule has 0 aliphatic heterocycles. The van der Waals surface area contributed by atoms with Crippen molar-refractivity contribution >= 4 is 22.6 Å². The molecular weight excluding hydrogens is 258 g/mol. The number of hydrogen-bond donors (Lipinski definition) is 1. The predicted molar refractivity (Wildman–Crippen MR) is 79.3 cm³/mol. The van der Waals surface area contributed by atoms with Crippen molar-refractivity contribution in [3.05, 3.63) is 35.0 Å². The van der Waals surface area contributed by atoms with Crippen molar-refractivity contribution in [1.29, 1.82) is 0 Å². The van der Waals surface area contributed by atoms with Crippen LogP contribution in [0, 0.1) is 5.92 Å². The Kier molecular flexibility index (Phi) is 3.81. The van der Waals surface area contributed by atoms with E-state index >= 15 is 0 Å². The summed E-state index contributed by atoms with van der Waals surface area (Å²) in [6, 6.07) is 7.88. The third-order valence-corrected chi connectivity index (χ3v) is 4.55. The van der Waals surface area contributed by atoms with E-state index in [0.717, 1.165) is 16.7 Å². The molecule has 19 heavy (non-hydrogen) atoms. The van der Waals surface area contributed by atoms with Crippen molar-refractivity contribution < 1.29 is 4.42 Å². The van der Waals surface area contributed by atoms with E-state index in [2.05, 4.69) is 6.07 Å². The van der Waals surface area contributed by atoms with E-state index < -0.39 is 0 Å². The first kappa shape index (κ1) is 13.0. The Morgan fingerprint density at radius 1 is 1.16 bits per heavy atom. The van der Waals surface area contributed by atoms with Gasteiger partial charge in [-0.1, -0.05) is 49.4 Å². The number of rotatable bonds is 2. The second kappa shape index (κ2) is 5.56. The Bertz CT molecular complexity index is 555. The topological polar surface area (TPSA) is 39.2 Å². The summed E-state index contributed by atoms with van der Waals surface area (Å²) in [5.74, 6) is 1.43. The predicted octanol–water partition coefficient (Wildman–Crippen LogP) is 5.06. The largest absolute Gasteiger partial charge is 0.458 e. The molecule has 1 fully saturated rings. The Balaban J connectivity index is 1.88. The third kappa shape index (κ3) is 2.65. The molecule has 3 heteroatoms. The van der Waals surface area contributed by atoms with Crippen LogP contribution in [-0.2, 0) is 0 Å². The number of para-hydroxylation sites is 1. The molecule has 0 saturated heterocycles. The van der Waals surface area contributed by atoms with Crippen LogP contribution < -0.4 is 5.73 Å². The summed E-state index contributed by atoms with van der Waals surface area (Å²) in [4.78, 5) is 0. The molecule has 1 aliphatic rings. The van der Waals surface area contributed by atoms with Crippen LogP contribution in [-0.4, -0.2) is 0 Å². The van der Waals surface area contributed by atoms with Crippen molar-refractivity contribution in [2.24, 2.45) is 11.7 Å². The van der Waals surface area contributed by atoms with E-state index in [9.17, 15) is 0 Å². The molecule has 1 aromatic carbocycles. The number of fused-ring (bicyclic) bond motifs is 1. The number of nitrogens with two attached hydrogens (primary N) is 1. The zero-order valence-corrected chi connectivity index (χ0v) is 11.8. The van der Waals surface area contributed by atoms with Crippen molar-refractivity contribution in [3.63, 3.8) is 0 Å². The van der Waals surface area contributed by atoms with E-state index in [1.807, 2.05) is 18.2 Å². The van der Waals surface area contributed by atoms with Crippen molar-refractivity contribution in [1.82, 2.24) is 0 Å². The zero-order chi connectivity index (χ0) is 13.2. The van der Waals surface area contributed by atoms with Crippen LogP contribution in [0.4, 0.5) is 0 Å². The first-order chi connectivity index (χ1) is 9.25. The molecule has 102 valence electrons. The van der Waals surface area contributed by atoms with Gasteiger partial charge in [-0.15, -0.1) is 0 Å². The second-order valence-electron chi connectivity index (χ2n) is 5.58. The van der Waals surface area contributed by atoms with Crippen LogP contribution in [0.1, 0.15) is 50.3 Å². The first-order valence-electron chi connectivity index (χ1n) is 7.19. The molecule has 1 aliphatic carbocycles. The summed E-state index contributed by atoms with van der Waals surface area (Å²) in [6.45, 7) is 0. The highest BCUT2D eigenvalue weighted by Crippen LogP contribution is 2.35. The maximum Gasteiger partial charge on any atom is 0.152 e. The van der Waals surface area contributed by atoms with E-state index in [-0.39, 0.29) is 6.04 Å². The fraction of sp³-hybridized carbons (Fsp3) is 0.500. The summed E-state index contributed by atoms with van der Waals surface area (Å²) in [7, 11) is 0. The van der Waals surface area contributed by atoms with Gasteiger partial charge in [0.05, 0.1) is 11.1 Å². The van der Waals surface area contributed by atoms with Gasteiger partial charge in [0.1, 0.15) is 5.76 Å². The molecule has 1 saturated carbocycles. The molecule has 2 nitrogen and oxygen atoms in total. The molecule has 2 N–H and O–H groups in total. The Morgan fingerprint density at radius 3 is 2.58 bits per heavy atom. The van der Waals surface area contributed by atoms with E-state index in [4.69, 9.17) is 21.8 Å². The maximum absolute atomic E-state index is 6.42. The molecule has 1 atom stereocenters. The normalized spacial score (nSPS) is 19.5. The smallest absolute Gasteiger partial charge is 0.152 e. The Morgan fingerprint density at radius 2 is 1.89 bits per heavy atom. The molecule has 0 spiro atoms. The van der Waals surface area contributed by atoms with Crippen LogP contribution >= 0.6 is 11.6 Å². The summed E-state index contributed by atoms with van der Waals surface area (Å²) in [5, 5.41) is 1.71. The van der Waals surface area contributed by atoms with Crippen molar-refractivity contribution in [2.75, 3.05) is 0 Å². The minimum Gasteiger partial charge on any atom is -0.458 e. The van der Waals surface area contributed by atoms with E-state index in [0.29, 0.717) is 10.9 Å². The van der Waals surface area contributed by atoms with Gasteiger partial charge in [0.15, 0.2) is 5.58 Å². The minimum absolute atomic E-state index is 0.00145.